The number of methoxy groups -OCH3 is 1. The van der Waals surface area contributed by atoms with Crippen molar-refractivity contribution in [1.29, 1.82) is 0 Å². The lowest BCUT2D eigenvalue weighted by atomic mass is 10.1. The van der Waals surface area contributed by atoms with Crippen molar-refractivity contribution in [1.82, 2.24) is 5.32 Å². The Bertz CT molecular complexity index is 890. The van der Waals surface area contributed by atoms with Crippen LogP contribution in [0, 0.1) is 0 Å². The smallest absolute Gasteiger partial charge is 0.387 e. The van der Waals surface area contributed by atoms with Gasteiger partial charge in [-0.05, 0) is 30.3 Å². The van der Waals surface area contributed by atoms with Crippen LogP contribution in [0.25, 0.3) is 0 Å². The lowest BCUT2D eigenvalue weighted by Gasteiger charge is -2.34. The van der Waals surface area contributed by atoms with Crippen LogP contribution in [0.15, 0.2) is 42.5 Å². The first-order chi connectivity index (χ1) is 13.4. The molecule has 1 aliphatic rings. The molecule has 0 saturated heterocycles. The number of anilines is 1. The van der Waals surface area contributed by atoms with Crippen molar-refractivity contribution in [3.63, 3.8) is 0 Å². The minimum absolute atomic E-state index is 0.00412. The topological polar surface area (TPSA) is 77.1 Å². The highest BCUT2D eigenvalue weighted by Gasteiger charge is 2.34. The number of ether oxygens (including phenoxy) is 3. The van der Waals surface area contributed by atoms with Gasteiger partial charge in [0.05, 0.1) is 19.3 Å². The Morgan fingerprint density at radius 3 is 2.64 bits per heavy atom. The number of nitrogens with one attached hydrogen (secondary N) is 1. The number of carbonyl (C=O) groups excluding carboxylic acids is 2. The van der Waals surface area contributed by atoms with E-state index in [1.54, 1.807) is 24.3 Å². The summed E-state index contributed by atoms with van der Waals surface area (Å²) in [6, 6.07) is 10.7. The molecule has 9 heteroatoms. The molecule has 0 bridgehead atoms. The molecule has 0 spiro atoms. The Hall–Kier alpha value is -3.36. The number of benzene rings is 2. The van der Waals surface area contributed by atoms with Gasteiger partial charge in [-0.15, -0.1) is 0 Å². The molecule has 0 fully saturated rings. The van der Waals surface area contributed by atoms with E-state index in [1.165, 1.54) is 37.3 Å². The van der Waals surface area contributed by atoms with Gasteiger partial charge in [-0.2, -0.15) is 8.78 Å². The van der Waals surface area contributed by atoms with Crippen molar-refractivity contribution in [2.45, 2.75) is 12.7 Å². The van der Waals surface area contributed by atoms with E-state index in [0.29, 0.717) is 11.4 Å². The van der Waals surface area contributed by atoms with E-state index < -0.39 is 18.6 Å². The van der Waals surface area contributed by atoms with Gasteiger partial charge < -0.3 is 24.4 Å². The van der Waals surface area contributed by atoms with Crippen LogP contribution < -0.4 is 24.4 Å². The summed E-state index contributed by atoms with van der Waals surface area (Å²) in [6.45, 7) is -3.03. The van der Waals surface area contributed by atoms with Crippen LogP contribution in [0.4, 0.5) is 14.5 Å². The summed E-state index contributed by atoms with van der Waals surface area (Å²) in [6.07, 6.45) is -0.882. The number of likely N-dealkylation sites (N-methyl/N-ethyl adjacent to an activating group) is 1. The molecule has 0 unspecified atom stereocenters. The number of alkyl halides is 2. The van der Waals surface area contributed by atoms with Gasteiger partial charge in [0.2, 0.25) is 0 Å². The quantitative estimate of drug-likeness (QED) is 0.846. The van der Waals surface area contributed by atoms with Crippen LogP contribution in [0.1, 0.15) is 10.4 Å². The first kappa shape index (κ1) is 19.4. The molecule has 1 N–H and O–H groups in total. The highest BCUT2D eigenvalue weighted by atomic mass is 19.3. The maximum atomic E-state index is 13.1. The molecule has 2 amide bonds. The zero-order chi connectivity index (χ0) is 20.3. The molecule has 148 valence electrons. The van der Waals surface area contributed by atoms with Crippen molar-refractivity contribution in [2.24, 2.45) is 0 Å². The normalized spacial score (nSPS) is 15.5. The highest BCUT2D eigenvalue weighted by molar-refractivity contribution is 6.08. The number of hydrogen-bond donors (Lipinski definition) is 1. The molecular formula is C19H18F2N2O5. The number of fused-ring (bicyclic) bond motifs is 1. The van der Waals surface area contributed by atoms with Gasteiger partial charge in [0.15, 0.2) is 17.6 Å². The third kappa shape index (κ3) is 3.83. The summed E-state index contributed by atoms with van der Waals surface area (Å²) >= 11 is 0. The van der Waals surface area contributed by atoms with Crippen LogP contribution in [-0.2, 0) is 4.79 Å². The molecule has 1 heterocycles. The Morgan fingerprint density at radius 2 is 1.96 bits per heavy atom. The van der Waals surface area contributed by atoms with Crippen molar-refractivity contribution in [3.8, 4) is 17.2 Å². The first-order valence-electron chi connectivity index (χ1n) is 8.36. The molecule has 0 radical (unpaired) electrons. The Balaban J connectivity index is 1.95. The molecule has 1 aliphatic heterocycles. The third-order valence-electron chi connectivity index (χ3n) is 4.18. The van der Waals surface area contributed by atoms with Crippen molar-refractivity contribution < 1.29 is 32.6 Å². The molecule has 2 aromatic rings. The van der Waals surface area contributed by atoms with E-state index in [2.05, 4.69) is 10.1 Å². The monoisotopic (exact) mass is 392 g/mol. The molecular weight excluding hydrogens is 374 g/mol. The Morgan fingerprint density at radius 1 is 1.21 bits per heavy atom. The minimum atomic E-state index is -3.02. The summed E-state index contributed by atoms with van der Waals surface area (Å²) in [4.78, 5) is 26.6. The fraction of sp³-hybridized carbons (Fsp3) is 0.263. The van der Waals surface area contributed by atoms with Crippen molar-refractivity contribution >= 4 is 17.5 Å². The number of halogens is 2. The van der Waals surface area contributed by atoms with Crippen molar-refractivity contribution in [3.05, 3.63) is 48.0 Å². The maximum absolute atomic E-state index is 13.1. The summed E-state index contributed by atoms with van der Waals surface area (Å²) in [5.74, 6) is -0.604. The zero-order valence-electron chi connectivity index (χ0n) is 15.1. The summed E-state index contributed by atoms with van der Waals surface area (Å²) in [5.41, 5.74) is 0.686. The Labute approximate surface area is 159 Å². The molecule has 0 aliphatic carbocycles. The van der Waals surface area contributed by atoms with Crippen LogP contribution in [0.3, 0.4) is 0 Å². The van der Waals surface area contributed by atoms with Crippen LogP contribution in [-0.4, -0.2) is 45.2 Å². The van der Waals surface area contributed by atoms with Gasteiger partial charge in [0.25, 0.3) is 11.8 Å². The van der Waals surface area contributed by atoms with Crippen LogP contribution in [0.5, 0.6) is 17.2 Å². The maximum Gasteiger partial charge on any atom is 0.387 e. The zero-order valence-corrected chi connectivity index (χ0v) is 15.1. The summed E-state index contributed by atoms with van der Waals surface area (Å²) in [5, 5.41) is 2.50. The number of amides is 2. The molecule has 3 rings (SSSR count). The number of rotatable bonds is 5. The van der Waals surface area contributed by atoms with Crippen LogP contribution in [0.2, 0.25) is 0 Å². The second kappa shape index (κ2) is 8.12. The predicted molar refractivity (Wildman–Crippen MR) is 96.2 cm³/mol. The second-order valence-corrected chi connectivity index (χ2v) is 5.85. The average Bonchev–Trinajstić information content (AvgIpc) is 2.71. The van der Waals surface area contributed by atoms with Gasteiger partial charge in [0.1, 0.15) is 5.75 Å². The van der Waals surface area contributed by atoms with E-state index >= 15 is 0 Å². The van der Waals surface area contributed by atoms with Crippen molar-refractivity contribution in [2.75, 3.05) is 25.6 Å². The molecule has 0 saturated carbocycles. The van der Waals surface area contributed by atoms with Gasteiger partial charge in [-0.3, -0.25) is 9.59 Å². The molecule has 28 heavy (non-hydrogen) atoms. The van der Waals surface area contributed by atoms with E-state index in [-0.39, 0.29) is 29.5 Å². The van der Waals surface area contributed by atoms with Crippen LogP contribution >= 0.6 is 0 Å². The largest absolute Gasteiger partial charge is 0.493 e. The number of nitrogens with zero attached hydrogens (tertiary/aromatic N) is 1. The molecule has 7 nitrogen and oxygen atoms in total. The average molecular weight is 392 g/mol. The minimum Gasteiger partial charge on any atom is -0.493 e. The molecule has 1 atom stereocenters. The van der Waals surface area contributed by atoms with E-state index in [4.69, 9.17) is 9.47 Å². The Kier molecular flexibility index (Phi) is 5.62. The summed E-state index contributed by atoms with van der Waals surface area (Å²) < 4.78 is 40.1. The molecule has 2 aromatic carbocycles. The van der Waals surface area contributed by atoms with Gasteiger partial charge in [0, 0.05) is 12.6 Å². The summed E-state index contributed by atoms with van der Waals surface area (Å²) in [7, 11) is 2.76. The fourth-order valence-corrected chi connectivity index (χ4v) is 2.87. The van der Waals surface area contributed by atoms with Gasteiger partial charge in [-0.25, -0.2) is 0 Å². The van der Waals surface area contributed by atoms with E-state index in [9.17, 15) is 18.4 Å². The SMILES string of the molecule is CNC(=O)[C@@H]1CN(C(=O)c2ccc(OC(F)F)c(OC)c2)c2ccccc2O1. The van der Waals surface area contributed by atoms with E-state index in [1.807, 2.05) is 0 Å². The van der Waals surface area contributed by atoms with Gasteiger partial charge >= 0.3 is 6.61 Å². The van der Waals surface area contributed by atoms with Gasteiger partial charge in [-0.1, -0.05) is 12.1 Å². The lowest BCUT2D eigenvalue weighted by molar-refractivity contribution is -0.127. The lowest BCUT2D eigenvalue weighted by Crippen LogP contribution is -2.50. The predicted octanol–water partition coefficient (Wildman–Crippen LogP) is 2.45. The number of carbonyl (C=O) groups is 2. The second-order valence-electron chi connectivity index (χ2n) is 5.85. The molecule has 0 aromatic heterocycles. The third-order valence-corrected chi connectivity index (χ3v) is 4.18. The fourth-order valence-electron chi connectivity index (χ4n) is 2.87. The standard InChI is InChI=1S/C19H18F2N2O5/c1-22-17(24)16-10-23(12-5-3-4-6-13(12)27-16)18(25)11-7-8-14(28-19(20)21)15(9-11)26-2/h3-9,16,19H,10H2,1-2H3,(H,22,24)/t16-/m0/s1. The first-order valence-corrected chi connectivity index (χ1v) is 8.36. The number of para-hydroxylation sites is 2. The van der Waals surface area contributed by atoms with E-state index in [0.717, 1.165) is 0 Å². The highest BCUT2D eigenvalue weighted by Crippen LogP contribution is 2.35. The number of hydrogen-bond acceptors (Lipinski definition) is 5.